The lowest BCUT2D eigenvalue weighted by Crippen LogP contribution is -2.52. The molecule has 0 atom stereocenters. The van der Waals surface area contributed by atoms with Crippen LogP contribution in [0.15, 0.2) is 0 Å². The summed E-state index contributed by atoms with van der Waals surface area (Å²) in [6, 6.07) is 0. The molecule has 0 aromatic heterocycles. The second-order valence-electron chi connectivity index (χ2n) is 17.3. The van der Waals surface area contributed by atoms with Crippen molar-refractivity contribution in [1.82, 2.24) is 59.9 Å². The van der Waals surface area contributed by atoms with Crippen LogP contribution in [-0.2, 0) is 38.2 Å². The van der Waals surface area contributed by atoms with E-state index in [1.807, 2.05) is 35.5 Å². The topological polar surface area (TPSA) is 177 Å². The largest absolute Gasteiger partial charge is 0.340 e. The molecule has 0 aromatic rings. The fourth-order valence-electron chi connectivity index (χ4n) is 7.21. The lowest BCUT2D eigenvalue weighted by atomic mass is 10.2. The maximum absolute atomic E-state index is 10.8. The van der Waals surface area contributed by atoms with Gasteiger partial charge in [0.15, 0.2) is 0 Å². The number of Topliss-reactive ketones (excluding diaryl/α,β-unsaturated/α-hetero) is 6. The van der Waals surface area contributed by atoms with Crippen LogP contribution in [0.4, 0.5) is 0 Å². The van der Waals surface area contributed by atoms with E-state index in [-0.39, 0.29) is 34.7 Å². The van der Waals surface area contributed by atoms with E-state index >= 15 is 0 Å². The Kier molecular flexibility index (Phi) is 34.1. The van der Waals surface area contributed by atoms with Crippen LogP contribution >= 0.6 is 23.5 Å². The van der Waals surface area contributed by atoms with Gasteiger partial charge in [0, 0.05) is 56.7 Å². The van der Waals surface area contributed by atoms with Gasteiger partial charge in [-0.15, -0.1) is 23.5 Å². The molecule has 6 rings (SSSR count). The average Bonchev–Trinajstić information content (AvgIpc) is 3.20. The summed E-state index contributed by atoms with van der Waals surface area (Å²) >= 11 is 3.76. The summed E-state index contributed by atoms with van der Waals surface area (Å²) in [7, 11) is 8.25. The summed E-state index contributed by atoms with van der Waals surface area (Å²) in [6.07, 6.45) is 3.66. The second kappa shape index (κ2) is 36.2. The molecule has 0 aromatic carbocycles. The molecule has 22 heteroatoms. The molecule has 6 saturated heterocycles. The molecule has 6 aliphatic rings. The first-order valence-corrected chi connectivity index (χ1v) is 24.5. The molecule has 0 aliphatic carbocycles. The highest BCUT2D eigenvalue weighted by Gasteiger charge is 2.19. The Labute approximate surface area is 393 Å². The zero-order valence-electron chi connectivity index (χ0n) is 40.9. The minimum atomic E-state index is 0.133. The maximum atomic E-state index is 10.8. The lowest BCUT2D eigenvalue weighted by molar-refractivity contribution is -0.183. The van der Waals surface area contributed by atoms with Crippen LogP contribution in [0.2, 0.25) is 0 Å². The number of nitrogens with zero attached hydrogens (tertiary/aromatic N) is 10. The summed E-state index contributed by atoms with van der Waals surface area (Å²) < 4.78 is 9.87. The van der Waals surface area contributed by atoms with Gasteiger partial charge in [-0.05, 0) is 81.9 Å². The van der Waals surface area contributed by atoms with Crippen LogP contribution in [-0.4, -0.2) is 261 Å². The predicted octanol–water partition coefficient (Wildman–Crippen LogP) is 0.285. The number of ketones is 6. The first-order chi connectivity index (χ1) is 30.3. The van der Waals surface area contributed by atoms with Crippen molar-refractivity contribution in [2.75, 3.05) is 177 Å². The van der Waals surface area contributed by atoms with Gasteiger partial charge in [0.05, 0.1) is 79.3 Å². The van der Waals surface area contributed by atoms with Crippen LogP contribution in [0.1, 0.15) is 60.8 Å². The highest BCUT2D eigenvalue weighted by Crippen LogP contribution is 2.21. The zero-order valence-corrected chi connectivity index (χ0v) is 42.6. The molecule has 6 aliphatic heterocycles. The van der Waals surface area contributed by atoms with Crippen molar-refractivity contribution in [3.63, 3.8) is 0 Å². The summed E-state index contributed by atoms with van der Waals surface area (Å²) in [4.78, 5) is 81.1. The van der Waals surface area contributed by atoms with Crippen LogP contribution in [0, 0.1) is 0 Å². The molecule has 0 unspecified atom stereocenters. The Balaban J connectivity index is 0.000000384. The molecule has 372 valence electrons. The summed E-state index contributed by atoms with van der Waals surface area (Å²) in [5.41, 5.74) is 0. The molecule has 20 nitrogen and oxygen atoms in total. The molecule has 0 radical (unpaired) electrons. The molecule has 6 fully saturated rings. The third kappa shape index (κ3) is 33.6. The standard InChI is InChI=1S/C8H17N3O.2C8H16N2O.C6H13N3O.C6H11NO3.C6H11NOS2/c1-8(12)4-11-6-9(2)5-10(3)7-11;1-8(11)6-10-5-3-4-9(2)7-10;1-8(11)7-10-6-4-3-5-9(10)2;1-6(10)2-9-4-7-3-8-5-9;2*1-6(8)2-7-3-9-5-10-4-7/h4-7H2,1-3H3;2*3-7H2,1-2H3;7-8H,2-5H2,1H3;2*2-5H2,1H3. The number of hydrazine groups is 1. The van der Waals surface area contributed by atoms with E-state index in [1.54, 1.807) is 46.4 Å². The van der Waals surface area contributed by atoms with E-state index < -0.39 is 0 Å². The fraction of sp³-hybridized carbons (Fsp3) is 0.857. The number of nitrogens with one attached hydrogen (secondary N) is 2. The van der Waals surface area contributed by atoms with Gasteiger partial charge in [0.25, 0.3) is 0 Å². The van der Waals surface area contributed by atoms with Crippen LogP contribution in [0.3, 0.4) is 0 Å². The molecule has 0 spiro atoms. The van der Waals surface area contributed by atoms with E-state index in [2.05, 4.69) is 71.2 Å². The first-order valence-electron chi connectivity index (χ1n) is 22.1. The minimum Gasteiger partial charge on any atom is -0.340 e. The molecular weight excluding hydrogens is 865 g/mol. The highest BCUT2D eigenvalue weighted by atomic mass is 32.2. The highest BCUT2D eigenvalue weighted by molar-refractivity contribution is 8.16. The predicted molar refractivity (Wildman–Crippen MR) is 256 cm³/mol. The zero-order chi connectivity index (χ0) is 47.9. The van der Waals surface area contributed by atoms with Crippen molar-refractivity contribution in [2.45, 2.75) is 60.8 Å². The van der Waals surface area contributed by atoms with Crippen LogP contribution in [0.25, 0.3) is 0 Å². The third-order valence-electron chi connectivity index (χ3n) is 9.44. The van der Waals surface area contributed by atoms with Crippen molar-refractivity contribution in [3.8, 4) is 0 Å². The van der Waals surface area contributed by atoms with Gasteiger partial charge in [0.2, 0.25) is 0 Å². The van der Waals surface area contributed by atoms with E-state index in [1.165, 1.54) is 24.3 Å². The molecule has 64 heavy (non-hydrogen) atoms. The van der Waals surface area contributed by atoms with Gasteiger partial charge in [-0.2, -0.15) is 0 Å². The molecule has 0 amide bonds. The molecule has 6 heterocycles. The molecule has 0 saturated carbocycles. The Bertz CT molecular complexity index is 1260. The minimum absolute atomic E-state index is 0.133. The summed E-state index contributed by atoms with van der Waals surface area (Å²) in [6.45, 7) is 24.9. The Morgan fingerprint density at radius 2 is 0.922 bits per heavy atom. The second-order valence-corrected chi connectivity index (χ2v) is 19.6. The van der Waals surface area contributed by atoms with Crippen molar-refractivity contribution < 1.29 is 38.2 Å². The van der Waals surface area contributed by atoms with Gasteiger partial charge < -0.3 is 9.47 Å². The van der Waals surface area contributed by atoms with E-state index in [0.717, 1.165) is 84.6 Å². The number of hydrogen-bond acceptors (Lipinski definition) is 22. The Hall–Kier alpha value is -1.84. The van der Waals surface area contributed by atoms with Crippen molar-refractivity contribution in [3.05, 3.63) is 0 Å². The summed E-state index contributed by atoms with van der Waals surface area (Å²) in [5, 5.41) is 11.6. The van der Waals surface area contributed by atoms with Gasteiger partial charge >= 0.3 is 0 Å². The SMILES string of the molecule is CC(=O)CN1CCCCN1C.CC(=O)CN1CCCN(C)C1.CC(=O)CN1CN(C)CN(C)C1.CC(=O)CN1CNCNC1.CC(=O)CN1COCOC1.CC(=O)CN1CSCSC1. The van der Waals surface area contributed by atoms with Gasteiger partial charge in [-0.3, -0.25) is 78.6 Å². The van der Waals surface area contributed by atoms with Crippen molar-refractivity contribution in [2.24, 2.45) is 0 Å². The van der Waals surface area contributed by atoms with E-state index in [0.29, 0.717) is 59.5 Å². The fourth-order valence-corrected chi connectivity index (χ4v) is 9.27. The normalized spacial score (nSPS) is 21.7. The molecular formula is C42H84N12O8S2. The number of ether oxygens (including phenoxy) is 2. The summed E-state index contributed by atoms with van der Waals surface area (Å²) in [5.74, 6) is 3.40. The number of thioether (sulfide) groups is 2. The van der Waals surface area contributed by atoms with E-state index in [4.69, 9.17) is 9.47 Å². The smallest absolute Gasteiger partial charge is 0.150 e. The van der Waals surface area contributed by atoms with Crippen LogP contribution < -0.4 is 10.6 Å². The number of carbonyl (C=O) groups excluding carboxylic acids is 6. The van der Waals surface area contributed by atoms with Crippen molar-refractivity contribution in [1.29, 1.82) is 0 Å². The number of hydrogen-bond donors (Lipinski definition) is 2. The Morgan fingerprint density at radius 1 is 0.469 bits per heavy atom. The molecule has 0 bridgehead atoms. The third-order valence-corrected chi connectivity index (χ3v) is 11.9. The van der Waals surface area contributed by atoms with Crippen LogP contribution in [0.5, 0.6) is 0 Å². The average molecular weight is 949 g/mol. The Morgan fingerprint density at radius 3 is 1.42 bits per heavy atom. The number of carbonyl (C=O) groups is 6. The molecule has 2 N–H and O–H groups in total. The first kappa shape index (κ1) is 60.2. The van der Waals surface area contributed by atoms with Gasteiger partial charge in [-0.1, -0.05) is 0 Å². The van der Waals surface area contributed by atoms with E-state index in [9.17, 15) is 28.8 Å². The monoisotopic (exact) mass is 949 g/mol. The van der Waals surface area contributed by atoms with Gasteiger partial charge in [-0.25, -0.2) is 10.0 Å². The lowest BCUT2D eigenvalue weighted by Gasteiger charge is -2.38. The van der Waals surface area contributed by atoms with Gasteiger partial charge in [0.1, 0.15) is 55.0 Å². The maximum Gasteiger partial charge on any atom is 0.150 e. The van der Waals surface area contributed by atoms with Crippen molar-refractivity contribution >= 4 is 58.2 Å². The number of rotatable bonds is 12. The quantitative estimate of drug-likeness (QED) is 0.273.